The van der Waals surface area contributed by atoms with Crippen LogP contribution in [0.15, 0.2) is 12.1 Å². The van der Waals surface area contributed by atoms with Gasteiger partial charge in [0.25, 0.3) is 0 Å². The van der Waals surface area contributed by atoms with Crippen LogP contribution in [0.5, 0.6) is 0 Å². The van der Waals surface area contributed by atoms with E-state index >= 15 is 0 Å². The summed E-state index contributed by atoms with van der Waals surface area (Å²) >= 11 is 1.92. The van der Waals surface area contributed by atoms with Crippen molar-refractivity contribution in [2.75, 3.05) is 37.9 Å². The molecular formula is C12H16FIN2O2. The van der Waals surface area contributed by atoms with Crippen molar-refractivity contribution in [1.82, 2.24) is 0 Å². The molecule has 1 unspecified atom stereocenters. The van der Waals surface area contributed by atoms with Gasteiger partial charge < -0.3 is 20.5 Å². The van der Waals surface area contributed by atoms with Crippen LogP contribution in [0.4, 0.5) is 15.8 Å². The lowest BCUT2D eigenvalue weighted by Crippen LogP contribution is -2.39. The van der Waals surface area contributed by atoms with E-state index in [4.69, 9.17) is 15.2 Å². The molecule has 0 spiro atoms. The number of benzene rings is 1. The first-order valence-electron chi connectivity index (χ1n) is 5.68. The predicted octanol–water partition coefficient (Wildman–Crippen LogP) is 2.23. The number of methoxy groups -OCH3 is 1. The predicted molar refractivity (Wildman–Crippen MR) is 77.2 cm³/mol. The first-order valence-corrected chi connectivity index (χ1v) is 6.75. The van der Waals surface area contributed by atoms with E-state index in [0.29, 0.717) is 34.7 Å². The summed E-state index contributed by atoms with van der Waals surface area (Å²) in [5.74, 6) is -0.276. The molecule has 0 radical (unpaired) electrons. The van der Waals surface area contributed by atoms with Gasteiger partial charge in [0.15, 0.2) is 0 Å². The molecule has 1 aromatic rings. The number of nitrogens with one attached hydrogen (secondary N) is 1. The van der Waals surface area contributed by atoms with Gasteiger partial charge in [-0.3, -0.25) is 0 Å². The van der Waals surface area contributed by atoms with Gasteiger partial charge in [0, 0.05) is 32.7 Å². The third-order valence-electron chi connectivity index (χ3n) is 3.19. The van der Waals surface area contributed by atoms with Gasteiger partial charge in [0.05, 0.1) is 21.6 Å². The van der Waals surface area contributed by atoms with Gasteiger partial charge >= 0.3 is 0 Å². The number of nitrogen functional groups attached to an aromatic ring is 1. The summed E-state index contributed by atoms with van der Waals surface area (Å²) in [6, 6.07) is 3.03. The summed E-state index contributed by atoms with van der Waals surface area (Å²) < 4.78 is 24.8. The summed E-state index contributed by atoms with van der Waals surface area (Å²) in [6.07, 6.45) is 0.823. The van der Waals surface area contributed by atoms with Crippen LogP contribution in [-0.4, -0.2) is 32.5 Å². The largest absolute Gasteiger partial charge is 0.397 e. The number of anilines is 2. The average molecular weight is 366 g/mol. The molecule has 100 valence electrons. The molecular weight excluding hydrogens is 350 g/mol. The van der Waals surface area contributed by atoms with E-state index in [2.05, 4.69) is 5.32 Å². The van der Waals surface area contributed by atoms with Crippen molar-refractivity contribution >= 4 is 34.0 Å². The minimum atomic E-state index is -0.341. The Morgan fingerprint density at radius 3 is 3.00 bits per heavy atom. The fourth-order valence-electron chi connectivity index (χ4n) is 1.93. The van der Waals surface area contributed by atoms with E-state index in [1.165, 1.54) is 6.07 Å². The second-order valence-corrected chi connectivity index (χ2v) is 5.56. The van der Waals surface area contributed by atoms with E-state index in [-0.39, 0.29) is 11.4 Å². The Balaban J connectivity index is 2.08. The molecule has 0 aliphatic carbocycles. The highest BCUT2D eigenvalue weighted by Crippen LogP contribution is 2.27. The zero-order valence-corrected chi connectivity index (χ0v) is 12.3. The maximum atomic E-state index is 13.5. The molecule has 1 atom stereocenters. The lowest BCUT2D eigenvalue weighted by molar-refractivity contribution is -0.00619. The highest BCUT2D eigenvalue weighted by atomic mass is 127. The number of hydrogen-bond donors (Lipinski definition) is 2. The molecule has 1 aliphatic heterocycles. The van der Waals surface area contributed by atoms with Gasteiger partial charge in [-0.15, -0.1) is 0 Å². The van der Waals surface area contributed by atoms with Gasteiger partial charge in [-0.25, -0.2) is 4.39 Å². The average Bonchev–Trinajstić information content (AvgIpc) is 2.82. The molecule has 6 heteroatoms. The van der Waals surface area contributed by atoms with Crippen LogP contribution in [0.25, 0.3) is 0 Å². The SMILES string of the molecule is COC1(CNc2cc(F)c(I)cc2N)CCOC1. The monoisotopic (exact) mass is 366 g/mol. The second kappa shape index (κ2) is 5.58. The molecule has 1 fully saturated rings. The molecule has 18 heavy (non-hydrogen) atoms. The lowest BCUT2D eigenvalue weighted by atomic mass is 10.0. The summed E-state index contributed by atoms with van der Waals surface area (Å²) in [6.45, 7) is 1.78. The Hall–Kier alpha value is -0.600. The lowest BCUT2D eigenvalue weighted by Gasteiger charge is -2.26. The van der Waals surface area contributed by atoms with Crippen molar-refractivity contribution in [2.45, 2.75) is 12.0 Å². The summed E-state index contributed by atoms with van der Waals surface area (Å²) in [5, 5.41) is 3.14. The molecule has 1 saturated heterocycles. The van der Waals surface area contributed by atoms with Crippen LogP contribution in [0.2, 0.25) is 0 Å². The number of halogens is 2. The Labute approximate surface area is 119 Å². The summed E-state index contributed by atoms with van der Waals surface area (Å²) in [5.41, 5.74) is 6.64. The topological polar surface area (TPSA) is 56.5 Å². The number of rotatable bonds is 4. The molecule has 0 bridgehead atoms. The van der Waals surface area contributed by atoms with Crippen LogP contribution >= 0.6 is 22.6 Å². The number of ether oxygens (including phenoxy) is 2. The maximum absolute atomic E-state index is 13.5. The Morgan fingerprint density at radius 2 is 2.39 bits per heavy atom. The fraction of sp³-hybridized carbons (Fsp3) is 0.500. The highest BCUT2D eigenvalue weighted by Gasteiger charge is 2.34. The van der Waals surface area contributed by atoms with E-state index in [9.17, 15) is 4.39 Å². The molecule has 0 saturated carbocycles. The molecule has 3 N–H and O–H groups in total. The van der Waals surface area contributed by atoms with Crippen molar-refractivity contribution < 1.29 is 13.9 Å². The Bertz CT molecular complexity index is 436. The molecule has 1 aromatic carbocycles. The van der Waals surface area contributed by atoms with Gasteiger partial charge in [0.2, 0.25) is 0 Å². The van der Waals surface area contributed by atoms with E-state index in [0.717, 1.165) is 6.42 Å². The molecule has 4 nitrogen and oxygen atoms in total. The zero-order chi connectivity index (χ0) is 13.2. The van der Waals surface area contributed by atoms with E-state index in [1.54, 1.807) is 13.2 Å². The second-order valence-electron chi connectivity index (χ2n) is 4.40. The molecule has 0 amide bonds. The normalized spacial score (nSPS) is 23.3. The number of nitrogens with two attached hydrogens (primary N) is 1. The first kappa shape index (κ1) is 13.8. The van der Waals surface area contributed by atoms with E-state index < -0.39 is 0 Å². The quantitative estimate of drug-likeness (QED) is 0.634. The minimum Gasteiger partial charge on any atom is -0.397 e. The molecule has 1 aliphatic rings. The summed E-state index contributed by atoms with van der Waals surface area (Å²) in [4.78, 5) is 0. The van der Waals surface area contributed by atoms with Crippen LogP contribution < -0.4 is 11.1 Å². The molecule has 1 heterocycles. The minimum absolute atomic E-state index is 0.276. The van der Waals surface area contributed by atoms with Crippen molar-refractivity contribution in [3.8, 4) is 0 Å². The van der Waals surface area contributed by atoms with Gasteiger partial charge in [-0.05, 0) is 28.7 Å². The Kier molecular flexibility index (Phi) is 4.29. The first-order chi connectivity index (χ1) is 8.56. The molecule has 0 aromatic heterocycles. The van der Waals surface area contributed by atoms with Gasteiger partial charge in [0.1, 0.15) is 11.4 Å². The maximum Gasteiger partial charge on any atom is 0.138 e. The third kappa shape index (κ3) is 2.86. The third-order valence-corrected chi connectivity index (χ3v) is 4.02. The number of hydrogen-bond acceptors (Lipinski definition) is 4. The van der Waals surface area contributed by atoms with Crippen molar-refractivity contribution in [3.05, 3.63) is 21.5 Å². The zero-order valence-electron chi connectivity index (χ0n) is 10.1. The highest BCUT2D eigenvalue weighted by molar-refractivity contribution is 14.1. The van der Waals surface area contributed by atoms with Gasteiger partial charge in [-0.1, -0.05) is 0 Å². The van der Waals surface area contributed by atoms with Gasteiger partial charge in [-0.2, -0.15) is 0 Å². The van der Waals surface area contributed by atoms with Crippen molar-refractivity contribution in [1.29, 1.82) is 0 Å². The Morgan fingerprint density at radius 1 is 1.61 bits per heavy atom. The summed E-state index contributed by atoms with van der Waals surface area (Å²) in [7, 11) is 1.66. The van der Waals surface area contributed by atoms with E-state index in [1.807, 2.05) is 22.6 Å². The van der Waals surface area contributed by atoms with Crippen molar-refractivity contribution in [3.63, 3.8) is 0 Å². The van der Waals surface area contributed by atoms with Crippen LogP contribution in [0.3, 0.4) is 0 Å². The van der Waals surface area contributed by atoms with Crippen LogP contribution in [-0.2, 0) is 9.47 Å². The molecule has 2 rings (SSSR count). The standard InChI is InChI=1S/C12H16FIN2O2/c1-17-12(2-3-18-7-12)6-16-11-4-8(13)9(14)5-10(11)15/h4-5,16H,2-3,6-7,15H2,1H3. The smallest absolute Gasteiger partial charge is 0.138 e. The van der Waals surface area contributed by atoms with Crippen LogP contribution in [0, 0.1) is 9.39 Å². The fourth-order valence-corrected chi connectivity index (χ4v) is 2.42. The van der Waals surface area contributed by atoms with Crippen LogP contribution in [0.1, 0.15) is 6.42 Å². The van der Waals surface area contributed by atoms with Crippen molar-refractivity contribution in [2.24, 2.45) is 0 Å².